The molecule has 1 unspecified atom stereocenters. The van der Waals surface area contributed by atoms with Gasteiger partial charge in [0, 0.05) is 13.5 Å². The smallest absolute Gasteiger partial charge is 0.431 e. The van der Waals surface area contributed by atoms with Crippen molar-refractivity contribution in [1.82, 2.24) is 0 Å². The number of alkyl halides is 7. The Morgan fingerprint density at radius 3 is 1.84 bits per heavy atom. The third kappa shape index (κ3) is 4.62. The normalized spacial score (nSPS) is 14.3. The maximum atomic E-state index is 13.8. The van der Waals surface area contributed by atoms with E-state index in [9.17, 15) is 35.5 Å². The fraction of sp³-hybridized carbons (Fsp3) is 0.533. The molecular weight excluding hydrogens is 361 g/mol. The fourth-order valence-corrected chi connectivity index (χ4v) is 2.03. The van der Waals surface area contributed by atoms with E-state index in [1.54, 1.807) is 6.92 Å². The largest absolute Gasteiger partial charge is 0.462 e. The highest BCUT2D eigenvalue weighted by atomic mass is 19.4. The molecule has 0 aliphatic heterocycles. The Kier molecular flexibility index (Phi) is 6.44. The number of halogens is 7. The number of rotatable bonds is 6. The van der Waals surface area contributed by atoms with Gasteiger partial charge in [0.05, 0.1) is 18.3 Å². The average Bonchev–Trinajstić information content (AvgIpc) is 2.50. The number of hydrogen-bond acceptors (Lipinski definition) is 3. The van der Waals surface area contributed by atoms with Crippen molar-refractivity contribution < 1.29 is 45.0 Å². The summed E-state index contributed by atoms with van der Waals surface area (Å²) in [7, 11) is 0.858. The van der Waals surface area contributed by atoms with Crippen LogP contribution < -0.4 is 0 Å². The minimum atomic E-state index is -6.16. The zero-order valence-corrected chi connectivity index (χ0v) is 13.2. The predicted octanol–water partition coefficient (Wildman–Crippen LogP) is 4.77. The van der Waals surface area contributed by atoms with Crippen molar-refractivity contribution in [3.63, 3.8) is 0 Å². The lowest BCUT2D eigenvalue weighted by Gasteiger charge is -2.32. The average molecular weight is 376 g/mol. The highest BCUT2D eigenvalue weighted by Crippen LogP contribution is 2.51. The van der Waals surface area contributed by atoms with Crippen molar-refractivity contribution in [3.05, 3.63) is 35.4 Å². The minimum absolute atomic E-state index is 0.0404. The Hall–Kier alpha value is -1.84. The molecule has 1 rings (SSSR count). The lowest BCUT2D eigenvalue weighted by atomic mass is 9.92. The van der Waals surface area contributed by atoms with Gasteiger partial charge in [-0.15, -0.1) is 0 Å². The molecule has 142 valence electrons. The molecule has 1 aromatic rings. The van der Waals surface area contributed by atoms with Crippen LogP contribution in [0, 0.1) is 0 Å². The first-order valence-corrected chi connectivity index (χ1v) is 6.99. The second-order valence-electron chi connectivity index (χ2n) is 5.07. The van der Waals surface area contributed by atoms with E-state index in [1.165, 1.54) is 0 Å². The molecule has 0 aliphatic carbocycles. The van der Waals surface area contributed by atoms with Gasteiger partial charge < -0.3 is 9.47 Å². The standard InChI is InChI=1S/C15H15F7O3/c1-3-25-12(23)10-6-4-9(5-7-10)11(24-2)8-13(16,14(17,18)19)15(20,21)22/h4-7,11H,3,8H2,1-2H3. The fourth-order valence-electron chi connectivity index (χ4n) is 2.03. The molecule has 0 fully saturated rings. The topological polar surface area (TPSA) is 35.5 Å². The lowest BCUT2D eigenvalue weighted by molar-refractivity contribution is -0.348. The third-order valence-corrected chi connectivity index (χ3v) is 3.44. The van der Waals surface area contributed by atoms with Crippen molar-refractivity contribution in [3.8, 4) is 0 Å². The van der Waals surface area contributed by atoms with E-state index in [2.05, 4.69) is 4.74 Å². The summed E-state index contributed by atoms with van der Waals surface area (Å²) < 4.78 is 99.1. The van der Waals surface area contributed by atoms with Gasteiger partial charge in [-0.1, -0.05) is 12.1 Å². The first-order valence-electron chi connectivity index (χ1n) is 6.99. The lowest BCUT2D eigenvalue weighted by Crippen LogP contribution is -2.54. The summed E-state index contributed by atoms with van der Waals surface area (Å²) in [5.41, 5.74) is -5.54. The highest BCUT2D eigenvalue weighted by Gasteiger charge is 2.72. The quantitative estimate of drug-likeness (QED) is 0.530. The molecular formula is C15H15F7O3. The van der Waals surface area contributed by atoms with Gasteiger partial charge in [-0.25, -0.2) is 9.18 Å². The van der Waals surface area contributed by atoms with Gasteiger partial charge in [-0.2, -0.15) is 26.3 Å². The van der Waals surface area contributed by atoms with Crippen LogP contribution in [0.1, 0.15) is 35.4 Å². The first kappa shape index (κ1) is 21.2. The molecule has 0 bridgehead atoms. The van der Waals surface area contributed by atoms with Crippen molar-refractivity contribution in [2.75, 3.05) is 13.7 Å². The molecule has 10 heteroatoms. The Balaban J connectivity index is 3.11. The van der Waals surface area contributed by atoms with Gasteiger partial charge >= 0.3 is 24.0 Å². The van der Waals surface area contributed by atoms with Gasteiger partial charge in [0.25, 0.3) is 0 Å². The summed E-state index contributed by atoms with van der Waals surface area (Å²) in [5.74, 6) is -0.714. The summed E-state index contributed by atoms with van der Waals surface area (Å²) in [6.45, 7) is 1.64. The molecule has 3 nitrogen and oxygen atoms in total. The van der Waals surface area contributed by atoms with Gasteiger partial charge in [0.15, 0.2) is 0 Å². The number of hydrogen-bond donors (Lipinski definition) is 0. The summed E-state index contributed by atoms with van der Waals surface area (Å²) >= 11 is 0. The maximum Gasteiger partial charge on any atom is 0.431 e. The molecule has 1 aromatic carbocycles. The van der Waals surface area contributed by atoms with Crippen LogP contribution in [0.4, 0.5) is 30.7 Å². The molecule has 0 amide bonds. The van der Waals surface area contributed by atoms with Crippen LogP contribution in [0.2, 0.25) is 0 Å². The van der Waals surface area contributed by atoms with Crippen molar-refractivity contribution in [1.29, 1.82) is 0 Å². The van der Waals surface area contributed by atoms with Crippen LogP contribution in [0.3, 0.4) is 0 Å². The van der Waals surface area contributed by atoms with Gasteiger partial charge in [-0.3, -0.25) is 0 Å². The second-order valence-corrected chi connectivity index (χ2v) is 5.07. The minimum Gasteiger partial charge on any atom is -0.462 e. The molecule has 0 N–H and O–H groups in total. The van der Waals surface area contributed by atoms with E-state index in [0.29, 0.717) is 0 Å². The van der Waals surface area contributed by atoms with E-state index < -0.39 is 36.5 Å². The zero-order chi connectivity index (χ0) is 19.5. The van der Waals surface area contributed by atoms with Gasteiger partial charge in [0.2, 0.25) is 0 Å². The van der Waals surface area contributed by atoms with E-state index in [0.717, 1.165) is 31.4 Å². The van der Waals surface area contributed by atoms with Crippen LogP contribution in [0.25, 0.3) is 0 Å². The van der Waals surface area contributed by atoms with Crippen molar-refractivity contribution in [2.45, 2.75) is 37.5 Å². The van der Waals surface area contributed by atoms with E-state index in [4.69, 9.17) is 4.74 Å². The number of ether oxygens (including phenoxy) is 2. The Bertz CT molecular complexity index is 564. The van der Waals surface area contributed by atoms with Crippen LogP contribution in [0.15, 0.2) is 24.3 Å². The molecule has 0 aromatic heterocycles. The third-order valence-electron chi connectivity index (χ3n) is 3.44. The number of methoxy groups -OCH3 is 1. The van der Waals surface area contributed by atoms with E-state index >= 15 is 0 Å². The number of carbonyl (C=O) groups is 1. The van der Waals surface area contributed by atoms with Crippen molar-refractivity contribution in [2.24, 2.45) is 0 Å². The number of benzene rings is 1. The second kappa shape index (κ2) is 7.59. The number of esters is 1. The Morgan fingerprint density at radius 1 is 1.00 bits per heavy atom. The summed E-state index contributed by atoms with van der Waals surface area (Å²) in [6.07, 6.45) is -16.2. The summed E-state index contributed by atoms with van der Waals surface area (Å²) in [4.78, 5) is 11.5. The molecule has 25 heavy (non-hydrogen) atoms. The summed E-state index contributed by atoms with van der Waals surface area (Å²) in [6, 6.07) is 4.43. The van der Waals surface area contributed by atoms with E-state index in [1.807, 2.05) is 0 Å². The zero-order valence-electron chi connectivity index (χ0n) is 13.2. The molecule has 0 radical (unpaired) electrons. The molecule has 0 spiro atoms. The predicted molar refractivity (Wildman–Crippen MR) is 72.7 cm³/mol. The Labute approximate surface area is 138 Å². The maximum absolute atomic E-state index is 13.8. The SMILES string of the molecule is CCOC(=O)c1ccc(C(CC(F)(C(F)(F)F)C(F)(F)F)OC)cc1. The monoisotopic (exact) mass is 376 g/mol. The number of carbonyl (C=O) groups excluding carboxylic acids is 1. The molecule has 0 saturated heterocycles. The molecule has 0 saturated carbocycles. The molecule has 0 heterocycles. The van der Waals surface area contributed by atoms with Crippen LogP contribution in [-0.2, 0) is 9.47 Å². The van der Waals surface area contributed by atoms with Crippen LogP contribution >= 0.6 is 0 Å². The van der Waals surface area contributed by atoms with Gasteiger partial charge in [-0.05, 0) is 24.6 Å². The summed E-state index contributed by atoms with van der Waals surface area (Å²) in [5, 5.41) is 0. The molecule has 1 atom stereocenters. The van der Waals surface area contributed by atoms with Crippen LogP contribution in [0.5, 0.6) is 0 Å². The molecule has 0 aliphatic rings. The van der Waals surface area contributed by atoms with Crippen LogP contribution in [-0.4, -0.2) is 37.7 Å². The van der Waals surface area contributed by atoms with Crippen molar-refractivity contribution >= 4 is 5.97 Å². The van der Waals surface area contributed by atoms with E-state index in [-0.39, 0.29) is 17.7 Å². The van der Waals surface area contributed by atoms with Gasteiger partial charge in [0.1, 0.15) is 0 Å². The highest BCUT2D eigenvalue weighted by molar-refractivity contribution is 5.89. The first-order chi connectivity index (χ1) is 11.4. The Morgan fingerprint density at radius 2 is 1.48 bits per heavy atom.